The lowest BCUT2D eigenvalue weighted by Gasteiger charge is -2.69. The molecular formula is C22H35NO3. The molecule has 11 atom stereocenters. The minimum atomic E-state index is -0.651. The molecule has 26 heavy (non-hydrogen) atoms. The van der Waals surface area contributed by atoms with Gasteiger partial charge in [-0.25, -0.2) is 0 Å². The zero-order valence-electron chi connectivity index (χ0n) is 16.5. The number of hydrogen-bond acceptors (Lipinski definition) is 4. The fraction of sp³-hybridized carbons (Fsp3) is 1.00. The topological polar surface area (TPSA) is 52.9 Å². The summed E-state index contributed by atoms with van der Waals surface area (Å²) in [5.41, 5.74) is -0.159. The highest BCUT2D eigenvalue weighted by Gasteiger charge is 2.82. The summed E-state index contributed by atoms with van der Waals surface area (Å²) in [6, 6.07) is 0.450. The third kappa shape index (κ3) is 1.51. The Morgan fingerprint density at radius 1 is 1.15 bits per heavy atom. The number of fused-ring (bicyclic) bond motifs is 2. The van der Waals surface area contributed by atoms with Crippen LogP contribution in [0.1, 0.15) is 52.4 Å². The number of methoxy groups -OCH3 is 1. The van der Waals surface area contributed by atoms with E-state index in [2.05, 4.69) is 18.7 Å². The maximum atomic E-state index is 12.0. The van der Waals surface area contributed by atoms with E-state index in [1.807, 2.05) is 7.11 Å². The van der Waals surface area contributed by atoms with Crippen LogP contribution < -0.4 is 0 Å². The molecule has 4 nitrogen and oxygen atoms in total. The Labute approximate surface area is 157 Å². The molecule has 1 unspecified atom stereocenters. The first kappa shape index (κ1) is 16.8. The van der Waals surface area contributed by atoms with Crippen molar-refractivity contribution in [1.82, 2.24) is 4.90 Å². The SMILES string of the molecule is CCN1C[C@]2(C)CC[C@H](OC)[C@]34C1[C@H](C[C@H]23)[C@@]1(O)CC[C@H]2C[C@@H]4[C@@H]1[C@H]2O. The summed E-state index contributed by atoms with van der Waals surface area (Å²) in [7, 11) is 1.92. The zero-order chi connectivity index (χ0) is 18.1. The predicted molar refractivity (Wildman–Crippen MR) is 98.5 cm³/mol. The van der Waals surface area contributed by atoms with Crippen LogP contribution in [0.4, 0.5) is 0 Å². The molecule has 1 spiro atoms. The molecular weight excluding hydrogens is 326 g/mol. The van der Waals surface area contributed by atoms with Crippen molar-refractivity contribution in [3.63, 3.8) is 0 Å². The highest BCUT2D eigenvalue weighted by molar-refractivity contribution is 5.32. The molecule has 6 fully saturated rings. The van der Waals surface area contributed by atoms with Gasteiger partial charge in [-0.05, 0) is 68.2 Å². The van der Waals surface area contributed by atoms with Crippen LogP contribution in [0.25, 0.3) is 0 Å². The van der Waals surface area contributed by atoms with Gasteiger partial charge in [0.2, 0.25) is 0 Å². The summed E-state index contributed by atoms with van der Waals surface area (Å²) in [5.74, 6) is 1.89. The minimum absolute atomic E-state index is 0.0873. The van der Waals surface area contributed by atoms with E-state index in [9.17, 15) is 10.2 Å². The first-order valence-corrected chi connectivity index (χ1v) is 11.1. The van der Waals surface area contributed by atoms with Crippen molar-refractivity contribution in [2.75, 3.05) is 20.2 Å². The quantitative estimate of drug-likeness (QED) is 0.792. The molecule has 5 aliphatic carbocycles. The lowest BCUT2D eigenvalue weighted by atomic mass is 9.43. The van der Waals surface area contributed by atoms with Crippen molar-refractivity contribution >= 4 is 0 Å². The van der Waals surface area contributed by atoms with E-state index in [0.29, 0.717) is 41.2 Å². The number of piperidine rings is 1. The smallest absolute Gasteiger partial charge is 0.0746 e. The summed E-state index contributed by atoms with van der Waals surface area (Å²) in [4.78, 5) is 2.73. The van der Waals surface area contributed by atoms with Gasteiger partial charge < -0.3 is 14.9 Å². The third-order valence-corrected chi connectivity index (χ3v) is 10.6. The fourth-order valence-corrected chi connectivity index (χ4v) is 10.1. The Bertz CT molecular complexity index is 641. The highest BCUT2D eigenvalue weighted by Crippen LogP contribution is 2.78. The van der Waals surface area contributed by atoms with Gasteiger partial charge in [0, 0.05) is 36.9 Å². The van der Waals surface area contributed by atoms with Crippen LogP contribution in [-0.2, 0) is 4.74 Å². The normalized spacial score (nSPS) is 65.4. The molecule has 4 heteroatoms. The molecule has 5 saturated carbocycles. The number of aliphatic hydroxyl groups is 2. The van der Waals surface area contributed by atoms with Crippen LogP contribution in [0.3, 0.4) is 0 Å². The van der Waals surface area contributed by atoms with Crippen LogP contribution in [0.2, 0.25) is 0 Å². The minimum Gasteiger partial charge on any atom is -0.392 e. The van der Waals surface area contributed by atoms with Crippen molar-refractivity contribution < 1.29 is 14.9 Å². The second-order valence-corrected chi connectivity index (χ2v) is 11.0. The largest absolute Gasteiger partial charge is 0.392 e. The van der Waals surface area contributed by atoms with E-state index in [-0.39, 0.29) is 17.4 Å². The maximum Gasteiger partial charge on any atom is 0.0746 e. The summed E-state index contributed by atoms with van der Waals surface area (Å²) >= 11 is 0. The summed E-state index contributed by atoms with van der Waals surface area (Å²) in [6.45, 7) is 7.08. The molecule has 0 aromatic heterocycles. The zero-order valence-corrected chi connectivity index (χ0v) is 16.5. The number of hydrogen-bond donors (Lipinski definition) is 2. The van der Waals surface area contributed by atoms with E-state index in [1.165, 1.54) is 13.0 Å². The first-order valence-electron chi connectivity index (χ1n) is 11.1. The van der Waals surface area contributed by atoms with Gasteiger partial charge in [0.25, 0.3) is 0 Å². The van der Waals surface area contributed by atoms with E-state index < -0.39 is 5.60 Å². The molecule has 1 heterocycles. The maximum absolute atomic E-state index is 12.0. The molecule has 6 aliphatic rings. The summed E-state index contributed by atoms with van der Waals surface area (Å²) in [6.07, 6.45) is 6.59. The average Bonchev–Trinajstić information content (AvgIpc) is 3.02. The van der Waals surface area contributed by atoms with Crippen LogP contribution >= 0.6 is 0 Å². The number of aliphatic hydroxyl groups excluding tert-OH is 1. The molecule has 1 saturated heterocycles. The molecule has 0 aromatic carbocycles. The Hall–Kier alpha value is -0.160. The summed E-state index contributed by atoms with van der Waals surface area (Å²) < 4.78 is 6.25. The Kier molecular flexibility index (Phi) is 3.14. The average molecular weight is 362 g/mol. The molecule has 146 valence electrons. The van der Waals surface area contributed by atoms with Gasteiger partial charge >= 0.3 is 0 Å². The van der Waals surface area contributed by atoms with Gasteiger partial charge in [-0.15, -0.1) is 0 Å². The second-order valence-electron chi connectivity index (χ2n) is 11.0. The monoisotopic (exact) mass is 361 g/mol. The van der Waals surface area contributed by atoms with Crippen molar-refractivity contribution in [1.29, 1.82) is 0 Å². The predicted octanol–water partition coefficient (Wildman–Crippen LogP) is 2.28. The first-order chi connectivity index (χ1) is 12.4. The van der Waals surface area contributed by atoms with E-state index in [0.717, 1.165) is 38.6 Å². The number of likely N-dealkylation sites (tertiary alicyclic amines) is 1. The fourth-order valence-electron chi connectivity index (χ4n) is 10.1. The van der Waals surface area contributed by atoms with Gasteiger partial charge in [-0.2, -0.15) is 0 Å². The Morgan fingerprint density at radius 2 is 1.96 bits per heavy atom. The van der Waals surface area contributed by atoms with Gasteiger partial charge in [0.15, 0.2) is 0 Å². The van der Waals surface area contributed by atoms with E-state index >= 15 is 0 Å². The Balaban J connectivity index is 1.62. The highest BCUT2D eigenvalue weighted by atomic mass is 16.5. The van der Waals surface area contributed by atoms with E-state index in [4.69, 9.17) is 4.74 Å². The standard InChI is InChI=1S/C22H35NO3/c1-4-23-11-20(2)7-6-16(26-3)22-13-9-12-5-8-21(25,17(13)18(12)24)14(19(22)23)10-15(20)22/h12-19,24-25H,4-11H2,1-3H3/t12-,13+,14-,15+,16-,17+,18-,19?,20-,21-,22+/m0/s1. The molecule has 1 aliphatic heterocycles. The second kappa shape index (κ2) is 4.87. The number of ether oxygens (including phenoxy) is 1. The van der Waals surface area contributed by atoms with Crippen molar-refractivity contribution in [3.05, 3.63) is 0 Å². The molecule has 0 aromatic rings. The Morgan fingerprint density at radius 3 is 2.69 bits per heavy atom. The molecule has 6 rings (SSSR count). The van der Waals surface area contributed by atoms with Gasteiger partial charge in [-0.1, -0.05) is 13.8 Å². The van der Waals surface area contributed by atoms with Gasteiger partial charge in [0.1, 0.15) is 0 Å². The number of nitrogens with zero attached hydrogens (tertiary/aromatic N) is 1. The molecule has 2 N–H and O–H groups in total. The third-order valence-electron chi connectivity index (χ3n) is 10.6. The van der Waals surface area contributed by atoms with Gasteiger partial charge in [-0.3, -0.25) is 4.90 Å². The van der Waals surface area contributed by atoms with Crippen molar-refractivity contribution in [2.24, 2.45) is 40.4 Å². The lowest BCUT2D eigenvalue weighted by Crippen LogP contribution is -2.75. The molecule has 0 amide bonds. The lowest BCUT2D eigenvalue weighted by molar-refractivity contribution is -0.265. The van der Waals surface area contributed by atoms with Crippen LogP contribution in [0, 0.1) is 40.4 Å². The molecule has 0 radical (unpaired) electrons. The van der Waals surface area contributed by atoms with Crippen LogP contribution in [0.5, 0.6) is 0 Å². The summed E-state index contributed by atoms with van der Waals surface area (Å²) in [5, 5.41) is 23.2. The van der Waals surface area contributed by atoms with Crippen LogP contribution in [0.15, 0.2) is 0 Å². The van der Waals surface area contributed by atoms with Gasteiger partial charge in [0.05, 0.1) is 17.8 Å². The van der Waals surface area contributed by atoms with Crippen LogP contribution in [-0.4, -0.2) is 59.2 Å². The molecule has 7 bridgehead atoms. The van der Waals surface area contributed by atoms with E-state index in [1.54, 1.807) is 0 Å². The van der Waals surface area contributed by atoms with Crippen molar-refractivity contribution in [3.8, 4) is 0 Å². The number of rotatable bonds is 2. The van der Waals surface area contributed by atoms with Crippen molar-refractivity contribution in [2.45, 2.75) is 76.2 Å².